The van der Waals surface area contributed by atoms with Crippen molar-refractivity contribution in [2.75, 3.05) is 19.3 Å². The standard InChI is InChI=1S/C16H22N2O2S/c1-21-12-9-15(19)17-10-5-6-11-18-16(20)13-14-7-3-2-4-8-14/h2-4,7-9,12H,5-6,10-11,13H2,1H3,(H,17,19)(H,18,20)/b12-9+. The smallest absolute Gasteiger partial charge is 0.244 e. The minimum atomic E-state index is -0.0718. The van der Waals surface area contributed by atoms with Gasteiger partial charge in [0.2, 0.25) is 11.8 Å². The summed E-state index contributed by atoms with van der Waals surface area (Å²) in [5, 5.41) is 7.43. The summed E-state index contributed by atoms with van der Waals surface area (Å²) in [6, 6.07) is 9.67. The molecule has 0 atom stereocenters. The first-order valence-electron chi connectivity index (χ1n) is 7.00. The van der Waals surface area contributed by atoms with Crippen molar-refractivity contribution in [2.24, 2.45) is 0 Å². The van der Waals surface area contributed by atoms with Crippen molar-refractivity contribution in [2.45, 2.75) is 19.3 Å². The van der Waals surface area contributed by atoms with Crippen LogP contribution in [0, 0.1) is 0 Å². The molecule has 0 saturated heterocycles. The van der Waals surface area contributed by atoms with Gasteiger partial charge in [-0.05, 0) is 30.1 Å². The molecule has 114 valence electrons. The predicted molar refractivity (Wildman–Crippen MR) is 88.1 cm³/mol. The Morgan fingerprint density at radius 1 is 1.10 bits per heavy atom. The lowest BCUT2D eigenvalue weighted by atomic mass is 10.1. The van der Waals surface area contributed by atoms with Gasteiger partial charge in [-0.15, -0.1) is 11.8 Å². The van der Waals surface area contributed by atoms with Crippen molar-refractivity contribution >= 4 is 23.6 Å². The number of thioether (sulfide) groups is 1. The van der Waals surface area contributed by atoms with E-state index in [0.717, 1.165) is 18.4 Å². The summed E-state index contributed by atoms with van der Waals surface area (Å²) in [4.78, 5) is 22.9. The molecule has 5 heteroatoms. The van der Waals surface area contributed by atoms with Crippen LogP contribution in [0.4, 0.5) is 0 Å². The maximum absolute atomic E-state index is 11.7. The second kappa shape index (κ2) is 11.0. The predicted octanol–water partition coefficient (Wildman–Crippen LogP) is 2.12. The first kappa shape index (κ1) is 17.3. The van der Waals surface area contributed by atoms with Gasteiger partial charge in [0, 0.05) is 19.2 Å². The Morgan fingerprint density at radius 3 is 2.43 bits per heavy atom. The first-order chi connectivity index (χ1) is 10.2. The summed E-state index contributed by atoms with van der Waals surface area (Å²) < 4.78 is 0. The molecule has 2 N–H and O–H groups in total. The van der Waals surface area contributed by atoms with Crippen molar-refractivity contribution in [1.82, 2.24) is 10.6 Å². The van der Waals surface area contributed by atoms with E-state index in [1.165, 1.54) is 17.8 Å². The molecular weight excluding hydrogens is 284 g/mol. The van der Waals surface area contributed by atoms with Gasteiger partial charge in [0.05, 0.1) is 6.42 Å². The van der Waals surface area contributed by atoms with E-state index in [1.54, 1.807) is 5.41 Å². The van der Waals surface area contributed by atoms with Crippen LogP contribution in [0.1, 0.15) is 18.4 Å². The van der Waals surface area contributed by atoms with Crippen molar-refractivity contribution in [3.63, 3.8) is 0 Å². The molecule has 1 aromatic carbocycles. The lowest BCUT2D eigenvalue weighted by molar-refractivity contribution is -0.120. The summed E-state index contributed by atoms with van der Waals surface area (Å²) in [5.41, 5.74) is 1.02. The Bertz CT molecular complexity index is 461. The highest BCUT2D eigenvalue weighted by atomic mass is 32.2. The molecule has 1 aromatic rings. The average Bonchev–Trinajstić information content (AvgIpc) is 2.49. The van der Waals surface area contributed by atoms with E-state index in [4.69, 9.17) is 0 Å². The molecule has 1 rings (SSSR count). The molecule has 0 unspecified atom stereocenters. The number of hydrogen-bond acceptors (Lipinski definition) is 3. The van der Waals surface area contributed by atoms with Crippen LogP contribution in [-0.4, -0.2) is 31.2 Å². The van der Waals surface area contributed by atoms with Gasteiger partial charge < -0.3 is 10.6 Å². The highest BCUT2D eigenvalue weighted by Gasteiger charge is 2.01. The summed E-state index contributed by atoms with van der Waals surface area (Å²) in [7, 11) is 0. The van der Waals surface area contributed by atoms with Crippen LogP contribution >= 0.6 is 11.8 Å². The summed E-state index contributed by atoms with van der Waals surface area (Å²) in [5.74, 6) is -0.0365. The van der Waals surface area contributed by atoms with Gasteiger partial charge in [0.1, 0.15) is 0 Å². The fraction of sp³-hybridized carbons (Fsp3) is 0.375. The third kappa shape index (κ3) is 8.92. The maximum atomic E-state index is 11.7. The summed E-state index contributed by atoms with van der Waals surface area (Å²) in [6.45, 7) is 1.27. The minimum Gasteiger partial charge on any atom is -0.356 e. The van der Waals surface area contributed by atoms with Gasteiger partial charge >= 0.3 is 0 Å². The molecule has 0 bridgehead atoms. The Balaban J connectivity index is 2.02. The third-order valence-corrected chi connectivity index (χ3v) is 3.20. The zero-order chi connectivity index (χ0) is 15.3. The number of benzene rings is 1. The van der Waals surface area contributed by atoms with E-state index < -0.39 is 0 Å². The quantitative estimate of drug-likeness (QED) is 0.543. The van der Waals surface area contributed by atoms with Crippen molar-refractivity contribution < 1.29 is 9.59 Å². The van der Waals surface area contributed by atoms with E-state index >= 15 is 0 Å². The lowest BCUT2D eigenvalue weighted by Gasteiger charge is -2.06. The molecular formula is C16H22N2O2S. The molecule has 0 heterocycles. The van der Waals surface area contributed by atoms with Crippen LogP contribution in [0.25, 0.3) is 0 Å². The topological polar surface area (TPSA) is 58.2 Å². The molecule has 21 heavy (non-hydrogen) atoms. The average molecular weight is 306 g/mol. The molecule has 0 aliphatic carbocycles. The van der Waals surface area contributed by atoms with E-state index in [9.17, 15) is 9.59 Å². The van der Waals surface area contributed by atoms with Gasteiger partial charge in [-0.2, -0.15) is 0 Å². The van der Waals surface area contributed by atoms with Crippen molar-refractivity contribution in [3.8, 4) is 0 Å². The van der Waals surface area contributed by atoms with Gasteiger partial charge in [-0.25, -0.2) is 0 Å². The van der Waals surface area contributed by atoms with Crippen molar-refractivity contribution in [1.29, 1.82) is 0 Å². The number of rotatable bonds is 9. The van der Waals surface area contributed by atoms with Gasteiger partial charge in [-0.1, -0.05) is 30.3 Å². The van der Waals surface area contributed by atoms with Crippen LogP contribution in [-0.2, 0) is 16.0 Å². The third-order valence-electron chi connectivity index (χ3n) is 2.79. The molecule has 0 aliphatic heterocycles. The Kier molecular flexibility index (Phi) is 9.04. The molecule has 0 aliphatic rings. The minimum absolute atomic E-state index is 0.0353. The molecule has 0 fully saturated rings. The molecule has 0 radical (unpaired) electrons. The normalized spacial score (nSPS) is 10.5. The number of unbranched alkanes of at least 4 members (excludes halogenated alkanes) is 1. The van der Waals surface area contributed by atoms with Crippen LogP contribution in [0.5, 0.6) is 0 Å². The zero-order valence-corrected chi connectivity index (χ0v) is 13.1. The zero-order valence-electron chi connectivity index (χ0n) is 12.3. The fourth-order valence-electron chi connectivity index (χ4n) is 1.72. The maximum Gasteiger partial charge on any atom is 0.244 e. The molecule has 4 nitrogen and oxygen atoms in total. The molecule has 0 aromatic heterocycles. The van der Waals surface area contributed by atoms with Crippen molar-refractivity contribution in [3.05, 3.63) is 47.4 Å². The van der Waals surface area contributed by atoms with Gasteiger partial charge in [0.25, 0.3) is 0 Å². The molecule has 0 spiro atoms. The Labute approximate surface area is 130 Å². The Morgan fingerprint density at radius 2 is 1.76 bits per heavy atom. The second-order valence-electron chi connectivity index (χ2n) is 4.55. The van der Waals surface area contributed by atoms with Crippen LogP contribution in [0.2, 0.25) is 0 Å². The Hall–Kier alpha value is -1.75. The number of amides is 2. The SMILES string of the molecule is CS/C=C/C(=O)NCCCCNC(=O)Cc1ccccc1. The second-order valence-corrected chi connectivity index (χ2v) is 5.29. The number of hydrogen-bond donors (Lipinski definition) is 2. The van der Waals surface area contributed by atoms with E-state index in [0.29, 0.717) is 19.5 Å². The van der Waals surface area contributed by atoms with Gasteiger partial charge in [-0.3, -0.25) is 9.59 Å². The highest BCUT2D eigenvalue weighted by Crippen LogP contribution is 1.99. The summed E-state index contributed by atoms with van der Waals surface area (Å²) in [6.07, 6.45) is 5.54. The number of carbonyl (C=O) groups is 2. The molecule has 2 amide bonds. The monoisotopic (exact) mass is 306 g/mol. The lowest BCUT2D eigenvalue weighted by Crippen LogP contribution is -2.27. The highest BCUT2D eigenvalue weighted by molar-refractivity contribution is 8.01. The van der Waals surface area contributed by atoms with Crippen LogP contribution < -0.4 is 10.6 Å². The van der Waals surface area contributed by atoms with E-state index in [1.807, 2.05) is 36.6 Å². The largest absolute Gasteiger partial charge is 0.356 e. The van der Waals surface area contributed by atoms with E-state index in [2.05, 4.69) is 10.6 Å². The summed E-state index contributed by atoms with van der Waals surface area (Å²) >= 11 is 1.49. The van der Waals surface area contributed by atoms with Crippen LogP contribution in [0.3, 0.4) is 0 Å². The number of nitrogens with one attached hydrogen (secondary N) is 2. The van der Waals surface area contributed by atoms with Gasteiger partial charge in [0.15, 0.2) is 0 Å². The van der Waals surface area contributed by atoms with E-state index in [-0.39, 0.29) is 11.8 Å². The number of carbonyl (C=O) groups excluding carboxylic acids is 2. The fourth-order valence-corrected chi connectivity index (χ4v) is 1.98. The molecule has 0 saturated carbocycles. The first-order valence-corrected chi connectivity index (χ1v) is 8.29. The van der Waals surface area contributed by atoms with Crippen LogP contribution in [0.15, 0.2) is 41.8 Å².